The molecule has 7 aromatic rings. The van der Waals surface area contributed by atoms with Crippen LogP contribution in [0.5, 0.6) is 69.0 Å². The van der Waals surface area contributed by atoms with E-state index in [-0.39, 0.29) is 28.0 Å². The number of phenolic OH excluding ortho intramolecular Hbond substituents is 3. The van der Waals surface area contributed by atoms with Crippen LogP contribution in [0.15, 0.2) is 115 Å². The molecule has 17 bridgehead atoms. The first kappa shape index (κ1) is 100. The molecule has 11 aliphatic rings. The summed E-state index contributed by atoms with van der Waals surface area (Å²) < 4.78 is 86.5. The molecular weight excluding hydrogens is 1870 g/mol. The maximum Gasteiger partial charge on any atom is 0.333 e. The number of aliphatic hydroxyl groups is 16. The minimum absolute atomic E-state index is 0.0290. The summed E-state index contributed by atoms with van der Waals surface area (Å²) in [7, 11) is 0.876. The van der Waals surface area contributed by atoms with Gasteiger partial charge in [0.2, 0.25) is 60.1 Å². The first-order chi connectivity index (χ1) is 66.2. The predicted octanol–water partition coefficient (Wildman–Crippen LogP) is -5.18. The van der Waals surface area contributed by atoms with Crippen molar-refractivity contribution in [2.75, 3.05) is 33.5 Å². The van der Waals surface area contributed by atoms with Crippen molar-refractivity contribution >= 4 is 53.0 Å². The van der Waals surface area contributed by atoms with Crippen LogP contribution < -0.4 is 71.8 Å². The molecule has 0 aliphatic carbocycles. The number of methoxy groups -OCH3 is 1. The van der Waals surface area contributed by atoms with E-state index in [4.69, 9.17) is 89.4 Å². The zero-order chi connectivity index (χ0) is 99.6. The number of ether oxygens (including phenoxy) is 14. The highest BCUT2D eigenvalue weighted by molar-refractivity contribution is 6.32. The predicted molar refractivity (Wildman–Crippen MR) is 462 cm³/mol. The van der Waals surface area contributed by atoms with Crippen molar-refractivity contribution in [3.8, 4) is 80.1 Å². The topological polar surface area (TPSA) is 757 Å². The number of benzene rings is 7. The van der Waals surface area contributed by atoms with E-state index in [1.807, 2.05) is 0 Å². The molecule has 5 fully saturated rings. The average Bonchev–Trinajstić information content (AvgIpc) is 0.753. The van der Waals surface area contributed by atoms with Gasteiger partial charge in [-0.05, 0) is 126 Å². The number of rotatable bonds is 15. The largest absolute Gasteiger partial charge is 0.508 e. The van der Waals surface area contributed by atoms with Crippen molar-refractivity contribution in [2.24, 2.45) is 11.5 Å². The molecule has 11 heterocycles. The molecule has 0 radical (unpaired) electrons. The number of hydrogen-bond acceptors (Lipinski definition) is 42. The summed E-state index contributed by atoms with van der Waals surface area (Å²) in [6.07, 6.45) is -47.5. The highest BCUT2D eigenvalue weighted by atomic mass is 35.5. The molecule has 0 spiro atoms. The van der Waals surface area contributed by atoms with Gasteiger partial charge in [0.25, 0.3) is 0 Å². The van der Waals surface area contributed by atoms with Gasteiger partial charge in [-0.1, -0.05) is 41.9 Å². The first-order valence-electron chi connectivity index (χ1n) is 43.6. The fraction of sp³-hybridized carbons (Fsp3) is 0.456. The zero-order valence-corrected chi connectivity index (χ0v) is 74.0. The van der Waals surface area contributed by atoms with Gasteiger partial charge in [-0.15, -0.1) is 0 Å². The van der Waals surface area contributed by atoms with E-state index in [1.165, 1.54) is 50.2 Å². The van der Waals surface area contributed by atoms with Crippen molar-refractivity contribution in [1.82, 2.24) is 31.9 Å². The minimum Gasteiger partial charge on any atom is -0.508 e. The molecule has 139 heavy (non-hydrogen) atoms. The molecule has 0 saturated carbocycles. The van der Waals surface area contributed by atoms with Crippen LogP contribution in [0, 0.1) is 6.92 Å². The fourth-order valence-electron chi connectivity index (χ4n) is 17.4. The third kappa shape index (κ3) is 20.3. The van der Waals surface area contributed by atoms with Crippen LogP contribution in [0.1, 0.15) is 94.2 Å². The Morgan fingerprint density at radius 3 is 1.58 bits per heavy atom. The normalized spacial score (nSPS) is 34.2. The Morgan fingerprint density at radius 1 is 0.460 bits per heavy atom. The van der Waals surface area contributed by atoms with Crippen LogP contribution >= 0.6 is 11.6 Å². The van der Waals surface area contributed by atoms with Gasteiger partial charge in [-0.25, -0.2) is 4.79 Å². The third-order valence-electron chi connectivity index (χ3n) is 25.3. The monoisotopic (exact) mass is 1970 g/mol. The Kier molecular flexibility index (Phi) is 29.8. The Balaban J connectivity index is 0.940. The van der Waals surface area contributed by atoms with Crippen molar-refractivity contribution in [3.63, 3.8) is 0 Å². The van der Waals surface area contributed by atoms with Gasteiger partial charge in [0.1, 0.15) is 180 Å². The van der Waals surface area contributed by atoms with Gasteiger partial charge in [0.05, 0.1) is 50.8 Å². The van der Waals surface area contributed by atoms with Gasteiger partial charge < -0.3 is 207 Å². The van der Waals surface area contributed by atoms with Gasteiger partial charge in [-0.3, -0.25) is 28.8 Å². The molecule has 0 aromatic heterocycles. The van der Waals surface area contributed by atoms with Crippen molar-refractivity contribution in [1.29, 1.82) is 0 Å². The van der Waals surface area contributed by atoms with Gasteiger partial charge >= 0.3 is 5.97 Å². The summed E-state index contributed by atoms with van der Waals surface area (Å²) in [6.45, 7) is -1.08. The van der Waals surface area contributed by atoms with Gasteiger partial charge in [0.15, 0.2) is 41.6 Å². The summed E-state index contributed by atoms with van der Waals surface area (Å²) in [6, 6.07) is 4.52. The standard InChI is InChI=1S/C90H101ClN8O40/c1-29-47-18-35(19-48(29)132-88-75(116)71(112)67(108)54(26-101)135-88)61-83(122)97-62-36-20-51(129-38-9-4-31(5-10-38)14-43(80(119)95-61)94-81(120)59(93)32-6-12-45(105)49(17-32)131-47)79(139-90-77(118)73(114)69(110)56(137-90)28-127-87-74(115)70(111)66(107)53(25-100)134-87)52(21-36)130-46-13-8-34(16-41(46)91)78(138-57-24-42(92)65(106)30(2)128-57)64-85(124)98-63(86(125)126-3)40-22-37(103)23-50(133-89-76(117)72(113)68(109)55(27-102)136-89)58(40)39-15-33(7-11-44(39)104)60(82(121)99-64)96-84(62)123/h4-13,15-23,30,42-43,53-57,59-78,87-90,100-118H,14,24-28,92-93H2,1-3H3,(H,94,120)(H,95,119)(H,96,123)(H,97,122)(H,98,124)(H,99,121)/t30-,42-,43?,53-,54-,55-,56-,57?,59?,60?,61?,62?,63?,64?,65+,66-,67-,68-,69-,70+,71+,72+,73?,74+,75+,76+,77-,78?,87+,88?,89?,90+/m1/s1. The zero-order valence-electron chi connectivity index (χ0n) is 73.3. The number of amides is 6. The summed E-state index contributed by atoms with van der Waals surface area (Å²) >= 11 is 7.47. The molecule has 6 amide bonds. The average molecular weight is 1970 g/mol. The van der Waals surface area contributed by atoms with E-state index in [0.717, 1.165) is 86.0 Å². The maximum atomic E-state index is 17.2. The molecule has 748 valence electrons. The Bertz CT molecular complexity index is 5760. The number of halogens is 1. The lowest BCUT2D eigenvalue weighted by molar-refractivity contribution is -0.323. The number of phenols is 3. The highest BCUT2D eigenvalue weighted by Gasteiger charge is 2.53. The second-order valence-electron chi connectivity index (χ2n) is 34.6. The van der Waals surface area contributed by atoms with Crippen molar-refractivity contribution < 1.29 is 197 Å². The third-order valence-corrected chi connectivity index (χ3v) is 25.6. The lowest BCUT2D eigenvalue weighted by Crippen LogP contribution is -2.62. The fourth-order valence-corrected chi connectivity index (χ4v) is 17.7. The minimum atomic E-state index is -2.57. The molecule has 5 saturated heterocycles. The maximum absolute atomic E-state index is 17.2. The van der Waals surface area contributed by atoms with Crippen LogP contribution in [-0.2, 0) is 77.9 Å². The number of nitrogens with one attached hydrogen (secondary N) is 6. The van der Waals surface area contributed by atoms with E-state index in [0.29, 0.717) is 0 Å². The molecule has 12 unspecified atom stereocenters. The Hall–Kier alpha value is -11.7. The number of carbonyl (C=O) groups is 7. The van der Waals surface area contributed by atoms with Crippen LogP contribution in [0.4, 0.5) is 0 Å². The van der Waals surface area contributed by atoms with E-state index in [1.54, 1.807) is 0 Å². The molecule has 32 atom stereocenters. The van der Waals surface area contributed by atoms with Crippen LogP contribution in [0.25, 0.3) is 11.1 Å². The molecule has 48 nitrogen and oxygen atoms in total. The number of hydrogen-bond donors (Lipinski definition) is 27. The van der Waals surface area contributed by atoms with E-state index in [9.17, 15) is 107 Å². The molecular formula is C90H101ClN8O40. The number of carbonyl (C=O) groups excluding carboxylic acids is 7. The quantitative estimate of drug-likeness (QED) is 0.0427. The van der Waals surface area contributed by atoms with Crippen molar-refractivity contribution in [2.45, 2.75) is 222 Å². The van der Waals surface area contributed by atoms with E-state index in [2.05, 4.69) is 31.9 Å². The summed E-state index contributed by atoms with van der Waals surface area (Å²) in [5.74, 6) is -16.9. The molecule has 11 aliphatic heterocycles. The lowest BCUT2D eigenvalue weighted by atomic mass is 9.89. The summed E-state index contributed by atoms with van der Waals surface area (Å²) in [4.78, 5) is 113. The molecule has 49 heteroatoms. The van der Waals surface area contributed by atoms with Gasteiger partial charge in [-0.2, -0.15) is 0 Å². The summed E-state index contributed by atoms with van der Waals surface area (Å²) in [5, 5.41) is 228. The Labute approximate surface area is 790 Å². The lowest BCUT2D eigenvalue weighted by Gasteiger charge is -2.42. The highest BCUT2D eigenvalue weighted by Crippen LogP contribution is 2.51. The number of aromatic hydroxyl groups is 3. The number of nitrogens with two attached hydrogens (primary N) is 2. The van der Waals surface area contributed by atoms with E-state index < -0.39 is 378 Å². The van der Waals surface area contributed by atoms with Crippen LogP contribution in [0.2, 0.25) is 5.02 Å². The number of aliphatic hydroxyl groups excluding tert-OH is 16. The SMILES string of the molecule is COC(=O)C1NC(=O)C2NC(=O)C(NC(=O)C3NC(=O)C4NC(=O)C(Cc5ccc(cc5)Oc5cc3cc(c5O[C@@H]3O[C@H](CO[C@H]5O[C@H](CO)[C@@H](O)[C@H](O)[C@@H]5O)[C@@H](O)C(O)[C@H]3O)Oc3ccc(cc3Cl)C2OC2C[C@@H](N)[C@@H](O)[C@@H](C)O2)NC(=O)C(N)c2ccc(O)c(c2)Oc2cc4cc(OC3O[C@H](CO)[C@@H](O)[C@H](O)[C@@H]3O)c2C)c2ccc(O)c(c2)-c2c(OC3O[C@H](CO)[C@@H](O)[C@H](O)[C@@H]3O)cc(O)cc21. The van der Waals surface area contributed by atoms with E-state index >= 15 is 24.0 Å². The molecule has 18 rings (SSSR count). The van der Waals surface area contributed by atoms with Crippen LogP contribution in [-0.4, -0.2) is 331 Å². The second kappa shape index (κ2) is 41.2. The Morgan fingerprint density at radius 2 is 0.971 bits per heavy atom. The number of fused-ring (bicyclic) bond motifs is 14. The van der Waals surface area contributed by atoms with Crippen molar-refractivity contribution in [3.05, 3.63) is 165 Å². The molecule has 29 N–H and O–H groups in total. The van der Waals surface area contributed by atoms with Crippen LogP contribution in [0.3, 0.4) is 0 Å². The summed E-state index contributed by atoms with van der Waals surface area (Å²) in [5.41, 5.74) is 9.76. The smallest absolute Gasteiger partial charge is 0.333 e. The number of esters is 1. The second-order valence-corrected chi connectivity index (χ2v) is 35.0. The molecule has 7 aromatic carbocycles. The van der Waals surface area contributed by atoms with Gasteiger partial charge in [0, 0.05) is 47.2 Å². The first-order valence-corrected chi connectivity index (χ1v) is 44.0.